The lowest BCUT2D eigenvalue weighted by molar-refractivity contribution is 0.216. The molecule has 98 valence electrons. The van der Waals surface area contributed by atoms with Crippen LogP contribution in [-0.2, 0) is 0 Å². The van der Waals surface area contributed by atoms with Gasteiger partial charge in [-0.05, 0) is 24.3 Å². The molecular weight excluding hydrogens is 262 g/mol. The van der Waals surface area contributed by atoms with Gasteiger partial charge in [0.2, 0.25) is 5.88 Å². The van der Waals surface area contributed by atoms with E-state index in [0.717, 1.165) is 19.5 Å². The molecule has 0 N–H and O–H groups in total. The van der Waals surface area contributed by atoms with Gasteiger partial charge in [-0.2, -0.15) is 0 Å². The minimum atomic E-state index is 0.126. The van der Waals surface area contributed by atoms with E-state index in [1.807, 2.05) is 12.1 Å². The zero-order chi connectivity index (χ0) is 13.1. The first-order chi connectivity index (χ1) is 9.33. The second-order valence-corrected chi connectivity index (χ2v) is 4.88. The highest BCUT2D eigenvalue weighted by atomic mass is 35.5. The molecule has 0 bridgehead atoms. The van der Waals surface area contributed by atoms with Crippen LogP contribution in [0.4, 0.5) is 5.69 Å². The molecule has 0 amide bonds. The van der Waals surface area contributed by atoms with Gasteiger partial charge in [-0.3, -0.25) is 4.98 Å². The number of ether oxygens (including phenoxy) is 1. The molecule has 3 heterocycles. The smallest absolute Gasteiger partial charge is 0.232 e. The highest BCUT2D eigenvalue weighted by molar-refractivity contribution is 6.31. The molecule has 2 aromatic heterocycles. The summed E-state index contributed by atoms with van der Waals surface area (Å²) in [6.45, 7) is 1.82. The first kappa shape index (κ1) is 12.2. The largest absolute Gasteiger partial charge is 0.471 e. The van der Waals surface area contributed by atoms with Crippen LogP contribution in [0.1, 0.15) is 6.42 Å². The normalized spacial score (nSPS) is 18.6. The minimum absolute atomic E-state index is 0.126. The van der Waals surface area contributed by atoms with Crippen LogP contribution in [0.25, 0.3) is 0 Å². The quantitative estimate of drug-likeness (QED) is 0.863. The van der Waals surface area contributed by atoms with Crippen LogP contribution in [0.5, 0.6) is 5.88 Å². The van der Waals surface area contributed by atoms with Gasteiger partial charge in [-0.25, -0.2) is 4.98 Å². The fourth-order valence-corrected chi connectivity index (χ4v) is 2.40. The van der Waals surface area contributed by atoms with Gasteiger partial charge in [-0.15, -0.1) is 0 Å². The molecule has 5 heteroatoms. The Bertz CT molecular complexity index is 549. The molecule has 0 saturated carbocycles. The lowest BCUT2D eigenvalue weighted by atomic mass is 10.3. The number of rotatable bonds is 3. The highest BCUT2D eigenvalue weighted by Gasteiger charge is 2.25. The van der Waals surface area contributed by atoms with Crippen molar-refractivity contribution in [2.24, 2.45) is 0 Å². The van der Waals surface area contributed by atoms with Crippen LogP contribution < -0.4 is 9.64 Å². The minimum Gasteiger partial charge on any atom is -0.471 e. The monoisotopic (exact) mass is 275 g/mol. The van der Waals surface area contributed by atoms with Gasteiger partial charge in [0.05, 0.1) is 6.54 Å². The van der Waals surface area contributed by atoms with Gasteiger partial charge >= 0.3 is 0 Å². The predicted octanol–water partition coefficient (Wildman–Crippen LogP) is 2.79. The summed E-state index contributed by atoms with van der Waals surface area (Å²) in [5.41, 5.74) is 1.17. The molecule has 1 aliphatic rings. The van der Waals surface area contributed by atoms with Crippen molar-refractivity contribution in [2.75, 3.05) is 18.0 Å². The molecule has 0 radical (unpaired) electrons. The maximum absolute atomic E-state index is 6.05. The summed E-state index contributed by atoms with van der Waals surface area (Å²) in [4.78, 5) is 10.5. The van der Waals surface area contributed by atoms with Crippen molar-refractivity contribution in [3.63, 3.8) is 0 Å². The molecule has 0 aliphatic carbocycles. The van der Waals surface area contributed by atoms with Crippen LogP contribution >= 0.6 is 11.6 Å². The fraction of sp³-hybridized carbons (Fsp3) is 0.286. The van der Waals surface area contributed by atoms with Crippen molar-refractivity contribution in [3.8, 4) is 5.88 Å². The van der Waals surface area contributed by atoms with Gasteiger partial charge in [0.15, 0.2) is 0 Å². The van der Waals surface area contributed by atoms with E-state index in [1.165, 1.54) is 5.69 Å². The van der Waals surface area contributed by atoms with E-state index in [9.17, 15) is 0 Å². The molecule has 0 aromatic carbocycles. The lowest BCUT2D eigenvalue weighted by Gasteiger charge is -2.18. The Balaban J connectivity index is 1.65. The Kier molecular flexibility index (Phi) is 3.51. The van der Waals surface area contributed by atoms with Crippen LogP contribution in [0, 0.1) is 0 Å². The second-order valence-electron chi connectivity index (χ2n) is 4.47. The molecular formula is C14H14ClN3O. The zero-order valence-electron chi connectivity index (χ0n) is 10.4. The standard InChI is InChI=1S/C14H14ClN3O/c15-13-2-1-6-17-14(13)19-12-5-9-18(10-12)11-3-7-16-8-4-11/h1-4,6-8,12H,5,9-10H2/t12-/m1/s1. The number of aromatic nitrogens is 2. The summed E-state index contributed by atoms with van der Waals surface area (Å²) in [7, 11) is 0. The van der Waals surface area contributed by atoms with Crippen molar-refractivity contribution in [1.29, 1.82) is 0 Å². The Morgan fingerprint density at radius 2 is 2.05 bits per heavy atom. The van der Waals surface area contributed by atoms with Crippen LogP contribution in [0.2, 0.25) is 5.02 Å². The van der Waals surface area contributed by atoms with E-state index in [4.69, 9.17) is 16.3 Å². The van der Waals surface area contributed by atoms with Crippen LogP contribution in [0.15, 0.2) is 42.9 Å². The first-order valence-electron chi connectivity index (χ1n) is 6.25. The maximum atomic E-state index is 6.05. The number of halogens is 1. The number of anilines is 1. The van der Waals surface area contributed by atoms with E-state index in [2.05, 4.69) is 14.9 Å². The fourth-order valence-electron chi connectivity index (χ4n) is 2.23. The maximum Gasteiger partial charge on any atom is 0.232 e. The Morgan fingerprint density at radius 3 is 2.84 bits per heavy atom. The van der Waals surface area contributed by atoms with Crippen molar-refractivity contribution < 1.29 is 4.74 Å². The van der Waals surface area contributed by atoms with Crippen LogP contribution in [-0.4, -0.2) is 29.2 Å². The number of hydrogen-bond donors (Lipinski definition) is 0. The first-order valence-corrected chi connectivity index (χ1v) is 6.63. The van der Waals surface area contributed by atoms with Gasteiger partial charge in [0, 0.05) is 37.2 Å². The second kappa shape index (κ2) is 5.45. The highest BCUT2D eigenvalue weighted by Crippen LogP contribution is 2.26. The summed E-state index contributed by atoms with van der Waals surface area (Å²) in [6.07, 6.45) is 6.39. The van der Waals surface area contributed by atoms with Crippen molar-refractivity contribution >= 4 is 17.3 Å². The average Bonchev–Trinajstić information content (AvgIpc) is 2.91. The van der Waals surface area contributed by atoms with E-state index < -0.39 is 0 Å². The van der Waals surface area contributed by atoms with E-state index >= 15 is 0 Å². The van der Waals surface area contributed by atoms with Gasteiger partial charge in [-0.1, -0.05) is 11.6 Å². The topological polar surface area (TPSA) is 38.2 Å². The molecule has 0 unspecified atom stereocenters. The SMILES string of the molecule is Clc1cccnc1O[C@@H]1CCN(c2ccncc2)C1. The molecule has 0 spiro atoms. The summed E-state index contributed by atoms with van der Waals surface area (Å²) >= 11 is 6.05. The third-order valence-electron chi connectivity index (χ3n) is 3.18. The van der Waals surface area contributed by atoms with Crippen molar-refractivity contribution in [1.82, 2.24) is 9.97 Å². The number of nitrogens with zero attached hydrogens (tertiary/aromatic N) is 3. The Morgan fingerprint density at radius 1 is 1.21 bits per heavy atom. The third kappa shape index (κ3) is 2.79. The van der Waals surface area contributed by atoms with Gasteiger partial charge in [0.1, 0.15) is 11.1 Å². The molecule has 3 rings (SSSR count). The van der Waals surface area contributed by atoms with Gasteiger partial charge < -0.3 is 9.64 Å². The molecule has 1 saturated heterocycles. The Labute approximate surface area is 117 Å². The van der Waals surface area contributed by atoms with Crippen molar-refractivity contribution in [2.45, 2.75) is 12.5 Å². The lowest BCUT2D eigenvalue weighted by Crippen LogP contribution is -2.24. The summed E-state index contributed by atoms with van der Waals surface area (Å²) in [5, 5.41) is 0.560. The molecule has 1 aliphatic heterocycles. The predicted molar refractivity (Wildman–Crippen MR) is 74.7 cm³/mol. The van der Waals surface area contributed by atoms with Crippen molar-refractivity contribution in [3.05, 3.63) is 47.9 Å². The summed E-state index contributed by atoms with van der Waals surface area (Å²) in [5.74, 6) is 0.519. The number of pyridine rings is 2. The Hall–Kier alpha value is -1.81. The summed E-state index contributed by atoms with van der Waals surface area (Å²) in [6, 6.07) is 7.61. The number of hydrogen-bond acceptors (Lipinski definition) is 4. The summed E-state index contributed by atoms with van der Waals surface area (Å²) < 4.78 is 5.86. The third-order valence-corrected chi connectivity index (χ3v) is 3.46. The van der Waals surface area contributed by atoms with Gasteiger partial charge in [0.25, 0.3) is 0 Å². The molecule has 1 fully saturated rings. The van der Waals surface area contributed by atoms with E-state index in [0.29, 0.717) is 10.9 Å². The molecule has 2 aromatic rings. The van der Waals surface area contributed by atoms with E-state index in [-0.39, 0.29) is 6.10 Å². The molecule has 4 nitrogen and oxygen atoms in total. The molecule has 19 heavy (non-hydrogen) atoms. The van der Waals surface area contributed by atoms with Crippen LogP contribution in [0.3, 0.4) is 0 Å². The molecule has 1 atom stereocenters. The van der Waals surface area contributed by atoms with E-state index in [1.54, 1.807) is 30.7 Å². The average molecular weight is 276 g/mol. The zero-order valence-corrected chi connectivity index (χ0v) is 11.1.